The van der Waals surface area contributed by atoms with E-state index in [0.717, 1.165) is 12.2 Å². The number of benzene rings is 1. The molecule has 2 aromatic rings. The lowest BCUT2D eigenvalue weighted by Gasteiger charge is -2.13. The molecular weight excluding hydrogens is 216 g/mol. The number of aromatic nitrogens is 2. The van der Waals surface area contributed by atoms with E-state index >= 15 is 0 Å². The number of hydrogen-bond acceptors (Lipinski definition) is 5. The summed E-state index contributed by atoms with van der Waals surface area (Å²) in [4.78, 5) is 1.86. The first-order valence-corrected chi connectivity index (χ1v) is 5.63. The summed E-state index contributed by atoms with van der Waals surface area (Å²) in [7, 11) is 1.90. The van der Waals surface area contributed by atoms with Crippen LogP contribution in [0.2, 0.25) is 0 Å². The van der Waals surface area contributed by atoms with Gasteiger partial charge in [0.25, 0.3) is 0 Å². The van der Waals surface area contributed by atoms with Gasteiger partial charge in [-0.3, -0.25) is 4.90 Å². The number of para-hydroxylation sites is 1. The molecule has 1 N–H and O–H groups in total. The highest BCUT2D eigenvalue weighted by molar-refractivity contribution is 5.54. The Balaban J connectivity index is 2.09. The van der Waals surface area contributed by atoms with Crippen LogP contribution in [0.25, 0.3) is 0 Å². The smallest absolute Gasteiger partial charge is 0.322 e. The molecular formula is C12H16N4O. The standard InChI is InChI=1S/C12H16N4O/c1-3-13-9-11-14-15-12(17-11)16(2)10-7-5-4-6-8-10/h4-8,13H,3,9H2,1-2H3. The van der Waals surface area contributed by atoms with Crippen LogP contribution in [-0.4, -0.2) is 23.8 Å². The Bertz CT molecular complexity index is 455. The van der Waals surface area contributed by atoms with Gasteiger partial charge in [-0.2, -0.15) is 0 Å². The van der Waals surface area contributed by atoms with Crippen molar-refractivity contribution in [2.75, 3.05) is 18.5 Å². The van der Waals surface area contributed by atoms with Crippen molar-refractivity contribution >= 4 is 11.7 Å². The lowest BCUT2D eigenvalue weighted by molar-refractivity contribution is 0.476. The van der Waals surface area contributed by atoms with Gasteiger partial charge in [-0.15, -0.1) is 5.10 Å². The topological polar surface area (TPSA) is 54.2 Å². The fourth-order valence-corrected chi connectivity index (χ4v) is 1.45. The fraction of sp³-hybridized carbons (Fsp3) is 0.333. The third kappa shape index (κ3) is 2.82. The highest BCUT2D eigenvalue weighted by atomic mass is 16.4. The molecule has 0 unspecified atom stereocenters. The van der Waals surface area contributed by atoms with Gasteiger partial charge in [-0.25, -0.2) is 0 Å². The largest absolute Gasteiger partial charge is 0.406 e. The molecule has 0 saturated heterocycles. The van der Waals surface area contributed by atoms with Crippen molar-refractivity contribution < 1.29 is 4.42 Å². The lowest BCUT2D eigenvalue weighted by Crippen LogP contribution is -2.12. The molecule has 5 heteroatoms. The third-order valence-corrected chi connectivity index (χ3v) is 2.41. The Morgan fingerprint density at radius 2 is 2.00 bits per heavy atom. The molecule has 1 heterocycles. The molecule has 1 aromatic carbocycles. The van der Waals surface area contributed by atoms with Crippen LogP contribution in [0.1, 0.15) is 12.8 Å². The summed E-state index contributed by atoms with van der Waals surface area (Å²) in [6.45, 7) is 3.52. The maximum Gasteiger partial charge on any atom is 0.322 e. The molecule has 90 valence electrons. The maximum absolute atomic E-state index is 5.54. The first-order valence-electron chi connectivity index (χ1n) is 5.63. The maximum atomic E-state index is 5.54. The molecule has 17 heavy (non-hydrogen) atoms. The number of nitrogens with zero attached hydrogens (tertiary/aromatic N) is 3. The summed E-state index contributed by atoms with van der Waals surface area (Å²) < 4.78 is 5.54. The molecule has 0 atom stereocenters. The van der Waals surface area contributed by atoms with Crippen LogP contribution < -0.4 is 10.2 Å². The van der Waals surface area contributed by atoms with E-state index in [1.54, 1.807) is 0 Å². The molecule has 0 aliphatic heterocycles. The van der Waals surface area contributed by atoms with Gasteiger partial charge in [0.2, 0.25) is 5.89 Å². The summed E-state index contributed by atoms with van der Waals surface area (Å²) in [5.74, 6) is 0.602. The molecule has 0 aliphatic carbocycles. The molecule has 0 fully saturated rings. The predicted octanol–water partition coefficient (Wildman–Crippen LogP) is 1.95. The number of anilines is 2. The molecule has 0 bridgehead atoms. The SMILES string of the molecule is CCNCc1nnc(N(C)c2ccccc2)o1. The Labute approximate surface area is 100 Å². The summed E-state index contributed by atoms with van der Waals surface area (Å²) in [5, 5.41) is 11.1. The summed E-state index contributed by atoms with van der Waals surface area (Å²) >= 11 is 0. The van der Waals surface area contributed by atoms with Gasteiger partial charge in [0, 0.05) is 12.7 Å². The van der Waals surface area contributed by atoms with Crippen molar-refractivity contribution in [2.24, 2.45) is 0 Å². The highest BCUT2D eigenvalue weighted by Gasteiger charge is 2.11. The van der Waals surface area contributed by atoms with E-state index in [4.69, 9.17) is 4.42 Å². The molecule has 1 aromatic heterocycles. The van der Waals surface area contributed by atoms with Crippen LogP contribution in [0.15, 0.2) is 34.7 Å². The van der Waals surface area contributed by atoms with Gasteiger partial charge in [0.15, 0.2) is 0 Å². The monoisotopic (exact) mass is 232 g/mol. The first kappa shape index (κ1) is 11.6. The van der Waals surface area contributed by atoms with Gasteiger partial charge in [-0.1, -0.05) is 30.2 Å². The molecule has 0 amide bonds. The van der Waals surface area contributed by atoms with Crippen LogP contribution in [0, 0.1) is 0 Å². The van der Waals surface area contributed by atoms with Crippen molar-refractivity contribution in [1.82, 2.24) is 15.5 Å². The van der Waals surface area contributed by atoms with Crippen molar-refractivity contribution in [3.8, 4) is 0 Å². The Morgan fingerprint density at radius 3 is 2.71 bits per heavy atom. The van der Waals surface area contributed by atoms with Crippen LogP contribution >= 0.6 is 0 Å². The zero-order chi connectivity index (χ0) is 12.1. The molecule has 0 spiro atoms. The summed E-state index contributed by atoms with van der Waals surface area (Å²) in [6.07, 6.45) is 0. The number of rotatable bonds is 5. The van der Waals surface area contributed by atoms with E-state index in [9.17, 15) is 0 Å². The number of nitrogens with one attached hydrogen (secondary N) is 1. The highest BCUT2D eigenvalue weighted by Crippen LogP contribution is 2.21. The van der Waals surface area contributed by atoms with Crippen molar-refractivity contribution in [1.29, 1.82) is 0 Å². The molecule has 0 saturated carbocycles. The second-order valence-corrected chi connectivity index (χ2v) is 3.65. The molecule has 0 radical (unpaired) electrons. The molecule has 0 aliphatic rings. The summed E-state index contributed by atoms with van der Waals surface area (Å²) in [5.41, 5.74) is 1.02. The lowest BCUT2D eigenvalue weighted by atomic mass is 10.3. The second-order valence-electron chi connectivity index (χ2n) is 3.65. The van der Waals surface area contributed by atoms with Gasteiger partial charge in [-0.05, 0) is 18.7 Å². The van der Waals surface area contributed by atoms with E-state index in [1.165, 1.54) is 0 Å². The Kier molecular flexibility index (Phi) is 3.72. The predicted molar refractivity (Wildman–Crippen MR) is 66.2 cm³/mol. The number of hydrogen-bond donors (Lipinski definition) is 1. The van der Waals surface area contributed by atoms with Gasteiger partial charge < -0.3 is 9.73 Å². The second kappa shape index (κ2) is 5.45. The minimum Gasteiger partial charge on any atom is -0.406 e. The van der Waals surface area contributed by atoms with Crippen molar-refractivity contribution in [3.05, 3.63) is 36.2 Å². The molecule has 5 nitrogen and oxygen atoms in total. The van der Waals surface area contributed by atoms with Gasteiger partial charge >= 0.3 is 6.01 Å². The van der Waals surface area contributed by atoms with Crippen molar-refractivity contribution in [2.45, 2.75) is 13.5 Å². The van der Waals surface area contributed by atoms with E-state index < -0.39 is 0 Å². The average molecular weight is 232 g/mol. The van der Waals surface area contributed by atoms with Gasteiger partial charge in [0.05, 0.1) is 6.54 Å². The zero-order valence-corrected chi connectivity index (χ0v) is 10.1. The third-order valence-electron chi connectivity index (χ3n) is 2.41. The van der Waals surface area contributed by atoms with Crippen molar-refractivity contribution in [3.63, 3.8) is 0 Å². The van der Waals surface area contributed by atoms with E-state index in [2.05, 4.69) is 15.5 Å². The normalized spacial score (nSPS) is 10.5. The zero-order valence-electron chi connectivity index (χ0n) is 10.1. The van der Waals surface area contributed by atoms with Crippen LogP contribution in [-0.2, 0) is 6.54 Å². The Hall–Kier alpha value is -1.88. The van der Waals surface area contributed by atoms with E-state index in [1.807, 2.05) is 49.2 Å². The van der Waals surface area contributed by atoms with E-state index in [0.29, 0.717) is 18.5 Å². The van der Waals surface area contributed by atoms with Crippen LogP contribution in [0.3, 0.4) is 0 Å². The fourth-order valence-electron chi connectivity index (χ4n) is 1.45. The summed E-state index contributed by atoms with van der Waals surface area (Å²) in [6, 6.07) is 10.4. The van der Waals surface area contributed by atoms with E-state index in [-0.39, 0.29) is 0 Å². The average Bonchev–Trinajstić information content (AvgIpc) is 2.85. The minimum absolute atomic E-state index is 0.504. The first-order chi connectivity index (χ1) is 8.31. The van der Waals surface area contributed by atoms with Crippen LogP contribution in [0.5, 0.6) is 0 Å². The quantitative estimate of drug-likeness (QED) is 0.853. The Morgan fingerprint density at radius 1 is 1.24 bits per heavy atom. The van der Waals surface area contributed by atoms with Crippen LogP contribution in [0.4, 0.5) is 11.7 Å². The van der Waals surface area contributed by atoms with Gasteiger partial charge in [0.1, 0.15) is 0 Å². The molecule has 2 rings (SSSR count). The minimum atomic E-state index is 0.504.